The van der Waals surface area contributed by atoms with Gasteiger partial charge in [-0.2, -0.15) is 18.3 Å². The van der Waals surface area contributed by atoms with Crippen molar-refractivity contribution < 1.29 is 32.3 Å². The van der Waals surface area contributed by atoms with Gasteiger partial charge in [-0.15, -0.1) is 0 Å². The Morgan fingerprint density at radius 1 is 0.929 bits per heavy atom. The van der Waals surface area contributed by atoms with Gasteiger partial charge in [0.15, 0.2) is 0 Å². The average Bonchev–Trinajstić information content (AvgIpc) is 3.50. The molecule has 0 bridgehead atoms. The van der Waals surface area contributed by atoms with Crippen molar-refractivity contribution >= 4 is 47.1 Å². The van der Waals surface area contributed by atoms with E-state index in [1.165, 1.54) is 24.3 Å². The second kappa shape index (κ2) is 12.0. The Morgan fingerprint density at radius 3 is 2.29 bits per heavy atom. The fourth-order valence-corrected chi connectivity index (χ4v) is 6.32. The number of likely N-dealkylation sites (tertiary alicyclic amines) is 1. The van der Waals surface area contributed by atoms with Gasteiger partial charge < -0.3 is 14.9 Å². The summed E-state index contributed by atoms with van der Waals surface area (Å²) in [7, 11) is 0. The Balaban J connectivity index is 0.00000353. The quantitative estimate of drug-likeness (QED) is 0.304. The van der Waals surface area contributed by atoms with E-state index in [2.05, 4.69) is 5.10 Å². The zero-order valence-electron chi connectivity index (χ0n) is 22.3. The molecule has 0 radical (unpaired) electrons. The van der Waals surface area contributed by atoms with Gasteiger partial charge in [-0.1, -0.05) is 18.2 Å². The summed E-state index contributed by atoms with van der Waals surface area (Å²) in [4.78, 5) is 28.3. The van der Waals surface area contributed by atoms with Crippen LogP contribution in [0.3, 0.4) is 0 Å². The first-order chi connectivity index (χ1) is 19.6. The van der Waals surface area contributed by atoms with Crippen molar-refractivity contribution in [1.29, 1.82) is 0 Å². The summed E-state index contributed by atoms with van der Waals surface area (Å²) in [5, 5.41) is 13.7. The van der Waals surface area contributed by atoms with Gasteiger partial charge in [-0.25, -0.2) is 9.18 Å². The summed E-state index contributed by atoms with van der Waals surface area (Å²) in [5.74, 6) is -2.11. The number of nitrogens with zero attached hydrogens (tertiary/aromatic N) is 4. The van der Waals surface area contributed by atoms with E-state index >= 15 is 0 Å². The van der Waals surface area contributed by atoms with Crippen LogP contribution in [0.15, 0.2) is 48.7 Å². The molecule has 1 aromatic heterocycles. The van der Waals surface area contributed by atoms with Gasteiger partial charge in [-0.05, 0) is 61.9 Å². The minimum atomic E-state index is -4.45. The van der Waals surface area contributed by atoms with Gasteiger partial charge in [0.1, 0.15) is 5.82 Å². The monoisotopic (exact) mass is 594 g/mol. The van der Waals surface area contributed by atoms with Crippen molar-refractivity contribution in [2.24, 2.45) is 0 Å². The molecule has 3 aromatic rings. The number of alkyl halides is 3. The second-order valence-corrected chi connectivity index (χ2v) is 11.2. The number of halogens is 4. The predicted molar refractivity (Wildman–Crippen MR) is 150 cm³/mol. The van der Waals surface area contributed by atoms with Gasteiger partial charge in [0.25, 0.3) is 5.91 Å². The molecule has 1 saturated carbocycles. The first-order valence-corrected chi connectivity index (χ1v) is 13.9. The Hall–Kier alpha value is -2.89. The molecule has 3 fully saturated rings. The third-order valence-corrected chi connectivity index (χ3v) is 8.56. The molecule has 0 spiro atoms. The van der Waals surface area contributed by atoms with E-state index in [1.807, 2.05) is 9.58 Å². The number of hydrogen-bond donors (Lipinski definition) is 1. The molecule has 12 heteroatoms. The molecular weight excluding hydrogens is 563 g/mol. The van der Waals surface area contributed by atoms with Crippen LogP contribution in [0.1, 0.15) is 87.5 Å². The van der Waals surface area contributed by atoms with Gasteiger partial charge in [-0.3, -0.25) is 9.48 Å². The molecule has 6 rings (SSSR count). The number of piperidine rings is 1. The maximum atomic E-state index is 14.6. The van der Waals surface area contributed by atoms with Crippen LogP contribution in [0, 0.1) is 5.82 Å². The number of aromatic nitrogens is 2. The summed E-state index contributed by atoms with van der Waals surface area (Å²) >= 11 is 0. The predicted octanol–water partition coefficient (Wildman–Crippen LogP) is 5.44. The molecule has 218 valence electrons. The van der Waals surface area contributed by atoms with E-state index < -0.39 is 23.5 Å². The van der Waals surface area contributed by atoms with Crippen molar-refractivity contribution in [2.45, 2.75) is 56.2 Å². The zero-order chi connectivity index (χ0) is 28.9. The molecule has 1 aliphatic carbocycles. The molecule has 3 aliphatic rings. The topological polar surface area (TPSA) is 78.7 Å². The van der Waals surface area contributed by atoms with Crippen molar-refractivity contribution in [1.82, 2.24) is 14.7 Å². The molecule has 7 nitrogen and oxygen atoms in total. The molecule has 2 aromatic carbocycles. The van der Waals surface area contributed by atoms with Crippen LogP contribution in [0.25, 0.3) is 0 Å². The van der Waals surface area contributed by atoms with E-state index in [4.69, 9.17) is 5.11 Å². The van der Waals surface area contributed by atoms with Crippen LogP contribution >= 0.6 is 0 Å². The molecule has 1 unspecified atom stereocenters. The summed E-state index contributed by atoms with van der Waals surface area (Å²) < 4.78 is 57.4. The van der Waals surface area contributed by atoms with Crippen LogP contribution in [-0.4, -0.2) is 87.4 Å². The Kier molecular flexibility index (Phi) is 8.74. The summed E-state index contributed by atoms with van der Waals surface area (Å²) in [5.41, 5.74) is 1.27. The Labute approximate surface area is 262 Å². The van der Waals surface area contributed by atoms with Crippen molar-refractivity contribution in [3.8, 4) is 0 Å². The van der Waals surface area contributed by atoms with Crippen molar-refractivity contribution in [2.75, 3.05) is 31.1 Å². The van der Waals surface area contributed by atoms with E-state index in [9.17, 15) is 27.2 Å². The number of carbonyl (C=O) groups excluding carboxylic acids is 1. The molecule has 2 saturated heterocycles. The third kappa shape index (κ3) is 5.96. The zero-order valence-corrected chi connectivity index (χ0v) is 22.3. The third-order valence-electron chi connectivity index (χ3n) is 8.56. The Bertz CT molecular complexity index is 1480. The van der Waals surface area contributed by atoms with Gasteiger partial charge in [0.2, 0.25) is 0 Å². The molecule has 3 heterocycles. The second-order valence-electron chi connectivity index (χ2n) is 11.2. The van der Waals surface area contributed by atoms with Crippen molar-refractivity contribution in [3.05, 3.63) is 82.4 Å². The van der Waals surface area contributed by atoms with Crippen LogP contribution < -0.4 is 4.90 Å². The molecule has 1 amide bonds. The standard InChI is InChI=1S/C30H30F4N4O3.Na.H/c31-25-15-19(29(40)41)7-8-26(25)36-13-10-21(11-14-36)38-27(18-5-6-18)23(16-35-38)28(39)37-12-9-20(17-37)22-3-1-2-4-24(22)30(32,33)34;;/h1-4,7-8,15-16,18,20-21H,5-6,9-14,17H2,(H,40,41);;. The first kappa shape index (κ1) is 30.6. The average molecular weight is 595 g/mol. The van der Waals surface area contributed by atoms with E-state index in [0.29, 0.717) is 50.1 Å². The number of hydrogen-bond acceptors (Lipinski definition) is 4. The Morgan fingerprint density at radius 2 is 1.64 bits per heavy atom. The number of carboxylic acid groups (broad SMARTS) is 1. The maximum absolute atomic E-state index is 14.6. The van der Waals surface area contributed by atoms with Gasteiger partial charge in [0.05, 0.1) is 40.3 Å². The fourth-order valence-electron chi connectivity index (χ4n) is 6.32. The normalized spacial score (nSPS) is 19.6. The summed E-state index contributed by atoms with van der Waals surface area (Å²) in [6, 6.07) is 9.54. The number of benzene rings is 2. The number of carboxylic acids is 1. The molecular formula is C30H31F4N4NaO3. The number of anilines is 1. The number of aromatic carboxylic acids is 1. The number of carbonyl (C=O) groups is 2. The van der Waals surface area contributed by atoms with Crippen LogP contribution in [0.4, 0.5) is 23.2 Å². The van der Waals surface area contributed by atoms with Gasteiger partial charge in [0, 0.05) is 38.0 Å². The van der Waals surface area contributed by atoms with Crippen LogP contribution in [0.2, 0.25) is 0 Å². The van der Waals surface area contributed by atoms with Crippen LogP contribution in [0.5, 0.6) is 0 Å². The SMILES string of the molecule is O=C(O)c1ccc(N2CCC(n3ncc(C(=O)N4CCC(c5ccccc5C(F)(F)F)C4)c3C3CC3)CC2)c(F)c1.[NaH]. The van der Waals surface area contributed by atoms with Gasteiger partial charge >= 0.3 is 41.7 Å². The molecule has 2 aliphatic heterocycles. The van der Waals surface area contributed by atoms with E-state index in [0.717, 1.165) is 30.7 Å². The van der Waals surface area contributed by atoms with E-state index in [-0.39, 0.29) is 71.0 Å². The van der Waals surface area contributed by atoms with Crippen molar-refractivity contribution in [3.63, 3.8) is 0 Å². The molecule has 1 N–H and O–H groups in total. The molecule has 42 heavy (non-hydrogen) atoms. The number of rotatable bonds is 6. The number of amides is 1. The van der Waals surface area contributed by atoms with E-state index in [1.54, 1.807) is 17.2 Å². The summed E-state index contributed by atoms with van der Waals surface area (Å²) in [6.07, 6.45) is 0.876. The molecule has 1 atom stereocenters. The minimum absolute atomic E-state index is 0. The first-order valence-electron chi connectivity index (χ1n) is 13.9. The summed E-state index contributed by atoms with van der Waals surface area (Å²) in [6.45, 7) is 1.71. The van der Waals surface area contributed by atoms with Crippen LogP contribution in [-0.2, 0) is 6.18 Å². The fraction of sp³-hybridized carbons (Fsp3) is 0.433.